The molecule has 1 atom stereocenters. The van der Waals surface area contributed by atoms with Gasteiger partial charge in [-0.05, 0) is 31.2 Å². The molecule has 0 unspecified atom stereocenters. The second kappa shape index (κ2) is 7.14. The van der Waals surface area contributed by atoms with Crippen molar-refractivity contribution in [1.82, 2.24) is 0 Å². The first-order valence-electron chi connectivity index (χ1n) is 7.11. The number of hydrogen-bond acceptors (Lipinski definition) is 3. The van der Waals surface area contributed by atoms with Gasteiger partial charge < -0.3 is 5.32 Å². The van der Waals surface area contributed by atoms with Crippen LogP contribution in [-0.4, -0.2) is 26.6 Å². The Kier molecular flexibility index (Phi) is 5.36. The predicted molar refractivity (Wildman–Crippen MR) is 88.2 cm³/mol. The lowest BCUT2D eigenvalue weighted by atomic mass is 10.2. The highest BCUT2D eigenvalue weighted by molar-refractivity contribution is 7.92. The maximum Gasteiger partial charge on any atom is 0.248 e. The van der Waals surface area contributed by atoms with Crippen molar-refractivity contribution in [3.63, 3.8) is 0 Å². The highest BCUT2D eigenvalue weighted by Crippen LogP contribution is 2.25. The normalized spacial score (nSPS) is 12.5. The molecule has 25 heavy (non-hydrogen) atoms. The first-order chi connectivity index (χ1) is 11.6. The number of nitrogens with zero attached hydrogens (tertiary/aromatic N) is 1. The van der Waals surface area contributed by atoms with Gasteiger partial charge in [0.05, 0.1) is 17.6 Å². The number of nitrogens with one attached hydrogen (secondary N) is 1. The van der Waals surface area contributed by atoms with Gasteiger partial charge in [0.15, 0.2) is 0 Å². The zero-order valence-electron chi connectivity index (χ0n) is 13.3. The Hall–Kier alpha value is -2.55. The Balaban J connectivity index is 2.35. The molecule has 0 aliphatic rings. The van der Waals surface area contributed by atoms with E-state index in [1.54, 1.807) is 0 Å². The zero-order chi connectivity index (χ0) is 18.8. The molecule has 5 nitrogen and oxygen atoms in total. The number of benzene rings is 2. The summed E-state index contributed by atoms with van der Waals surface area (Å²) in [5.41, 5.74) is -0.632. The predicted octanol–water partition coefficient (Wildman–Crippen LogP) is 2.90. The largest absolute Gasteiger partial charge is 0.322 e. The monoisotopic (exact) mass is 372 g/mol. The van der Waals surface area contributed by atoms with E-state index in [-0.39, 0.29) is 11.4 Å². The number of hydrogen-bond donors (Lipinski definition) is 1. The fourth-order valence-corrected chi connectivity index (χ4v) is 3.41. The molecule has 0 spiro atoms. The Labute approximate surface area is 143 Å². The molecule has 0 saturated heterocycles. The van der Waals surface area contributed by atoms with Crippen LogP contribution in [0.4, 0.5) is 24.5 Å². The van der Waals surface area contributed by atoms with Crippen molar-refractivity contribution < 1.29 is 26.4 Å². The summed E-state index contributed by atoms with van der Waals surface area (Å²) in [5, 5.41) is 2.17. The molecule has 2 aromatic carbocycles. The minimum absolute atomic E-state index is 0.313. The molecule has 0 heterocycles. The lowest BCUT2D eigenvalue weighted by Gasteiger charge is -2.28. The standard InChI is InChI=1S/C16H15F3N2O3S/c1-10(16(22)20-14-8-7-11(17)9-13(14)19)21(25(2,23)24)15-6-4-3-5-12(15)18/h3-10H,1-2H3,(H,20,22)/t10-/m0/s1. The van der Waals surface area contributed by atoms with Crippen molar-refractivity contribution >= 4 is 27.3 Å². The Morgan fingerprint density at radius 2 is 1.72 bits per heavy atom. The lowest BCUT2D eigenvalue weighted by Crippen LogP contribution is -2.45. The molecule has 0 saturated carbocycles. The number of anilines is 2. The van der Waals surface area contributed by atoms with Crippen LogP contribution in [0.15, 0.2) is 42.5 Å². The minimum atomic E-state index is -4.02. The molecule has 2 aromatic rings. The highest BCUT2D eigenvalue weighted by Gasteiger charge is 2.31. The van der Waals surface area contributed by atoms with Crippen molar-refractivity contribution in [3.8, 4) is 0 Å². The SMILES string of the molecule is C[C@@H](C(=O)Nc1ccc(F)cc1F)N(c1ccccc1F)S(C)(=O)=O. The van der Waals surface area contributed by atoms with Gasteiger partial charge in [-0.1, -0.05) is 12.1 Å². The van der Waals surface area contributed by atoms with E-state index >= 15 is 0 Å². The molecule has 0 aliphatic carbocycles. The van der Waals surface area contributed by atoms with E-state index in [2.05, 4.69) is 5.32 Å². The van der Waals surface area contributed by atoms with Gasteiger partial charge in [-0.25, -0.2) is 21.6 Å². The Bertz CT molecular complexity index is 903. The topological polar surface area (TPSA) is 66.5 Å². The average Bonchev–Trinajstić information content (AvgIpc) is 2.50. The van der Waals surface area contributed by atoms with Crippen molar-refractivity contribution in [2.45, 2.75) is 13.0 Å². The quantitative estimate of drug-likeness (QED) is 0.878. The van der Waals surface area contributed by atoms with E-state index in [4.69, 9.17) is 0 Å². The van der Waals surface area contributed by atoms with Crippen molar-refractivity contribution in [2.75, 3.05) is 15.9 Å². The van der Waals surface area contributed by atoms with Crippen LogP contribution in [0.25, 0.3) is 0 Å². The van der Waals surface area contributed by atoms with Gasteiger partial charge in [0.1, 0.15) is 23.5 Å². The summed E-state index contributed by atoms with van der Waals surface area (Å²) in [6.45, 7) is 1.23. The van der Waals surface area contributed by atoms with Crippen LogP contribution in [0.1, 0.15) is 6.92 Å². The number of rotatable bonds is 5. The van der Waals surface area contributed by atoms with Crippen LogP contribution < -0.4 is 9.62 Å². The third kappa shape index (κ3) is 4.30. The molecule has 1 N–H and O–H groups in total. The summed E-state index contributed by atoms with van der Waals surface area (Å²) in [6, 6.07) is 6.19. The molecule has 134 valence electrons. The molecule has 0 radical (unpaired) electrons. The fourth-order valence-electron chi connectivity index (χ4n) is 2.24. The van der Waals surface area contributed by atoms with E-state index in [9.17, 15) is 26.4 Å². The Morgan fingerprint density at radius 1 is 1.08 bits per heavy atom. The van der Waals surface area contributed by atoms with Gasteiger partial charge in [-0.3, -0.25) is 9.10 Å². The third-order valence-corrected chi connectivity index (χ3v) is 4.59. The highest BCUT2D eigenvalue weighted by atomic mass is 32.2. The van der Waals surface area contributed by atoms with Crippen molar-refractivity contribution in [3.05, 3.63) is 59.9 Å². The van der Waals surface area contributed by atoms with E-state index in [0.717, 1.165) is 24.5 Å². The van der Waals surface area contributed by atoms with Crippen LogP contribution in [0, 0.1) is 17.5 Å². The van der Waals surface area contributed by atoms with Crippen LogP contribution in [0.3, 0.4) is 0 Å². The van der Waals surface area contributed by atoms with Crippen molar-refractivity contribution in [2.24, 2.45) is 0 Å². The summed E-state index contributed by atoms with van der Waals surface area (Å²) in [7, 11) is -4.02. The van der Waals surface area contributed by atoms with Crippen LogP contribution in [0.2, 0.25) is 0 Å². The molecule has 9 heteroatoms. The maximum atomic E-state index is 14.0. The zero-order valence-corrected chi connectivity index (χ0v) is 14.1. The molecular weight excluding hydrogens is 357 g/mol. The van der Waals surface area contributed by atoms with Gasteiger partial charge in [-0.2, -0.15) is 0 Å². The second-order valence-corrected chi connectivity index (χ2v) is 7.16. The number of halogens is 3. The molecule has 0 aromatic heterocycles. The van der Waals surface area contributed by atoms with E-state index in [1.165, 1.54) is 25.1 Å². The summed E-state index contributed by atoms with van der Waals surface area (Å²) in [4.78, 5) is 12.3. The van der Waals surface area contributed by atoms with Crippen LogP contribution >= 0.6 is 0 Å². The van der Waals surface area contributed by atoms with Gasteiger partial charge >= 0.3 is 0 Å². The van der Waals surface area contributed by atoms with Crippen LogP contribution in [0.5, 0.6) is 0 Å². The third-order valence-electron chi connectivity index (χ3n) is 3.37. The number of carbonyl (C=O) groups excluding carboxylic acids is 1. The Morgan fingerprint density at radius 3 is 2.28 bits per heavy atom. The van der Waals surface area contributed by atoms with E-state index < -0.39 is 39.4 Å². The first kappa shape index (κ1) is 18.8. The molecule has 1 amide bonds. The lowest BCUT2D eigenvalue weighted by molar-refractivity contribution is -0.116. The minimum Gasteiger partial charge on any atom is -0.322 e. The van der Waals surface area contributed by atoms with E-state index in [0.29, 0.717) is 10.4 Å². The second-order valence-electron chi connectivity index (χ2n) is 5.30. The van der Waals surface area contributed by atoms with Gasteiger partial charge in [0.2, 0.25) is 15.9 Å². The fraction of sp³-hybridized carbons (Fsp3) is 0.188. The van der Waals surface area contributed by atoms with Crippen LogP contribution in [-0.2, 0) is 14.8 Å². The number of sulfonamides is 1. The molecule has 2 rings (SSSR count). The molecule has 0 aliphatic heterocycles. The van der Waals surface area contributed by atoms with Gasteiger partial charge in [-0.15, -0.1) is 0 Å². The maximum absolute atomic E-state index is 14.0. The number of carbonyl (C=O) groups is 1. The van der Waals surface area contributed by atoms with Crippen molar-refractivity contribution in [1.29, 1.82) is 0 Å². The average molecular weight is 372 g/mol. The smallest absolute Gasteiger partial charge is 0.248 e. The summed E-state index contributed by atoms with van der Waals surface area (Å²) < 4.78 is 65.2. The molecular formula is C16H15F3N2O3S. The summed E-state index contributed by atoms with van der Waals surface area (Å²) in [5.74, 6) is -3.58. The molecule has 0 bridgehead atoms. The summed E-state index contributed by atoms with van der Waals surface area (Å²) >= 11 is 0. The number of para-hydroxylation sites is 1. The number of amides is 1. The summed E-state index contributed by atoms with van der Waals surface area (Å²) in [6.07, 6.45) is 0.821. The van der Waals surface area contributed by atoms with E-state index in [1.807, 2.05) is 0 Å². The van der Waals surface area contributed by atoms with Gasteiger partial charge in [0.25, 0.3) is 0 Å². The first-order valence-corrected chi connectivity index (χ1v) is 8.96. The van der Waals surface area contributed by atoms with Gasteiger partial charge in [0, 0.05) is 6.07 Å². The molecule has 0 fully saturated rings.